The maximum Gasteiger partial charge on any atom is 0.271 e. The zero-order chi connectivity index (χ0) is 20.8. The fourth-order valence-electron chi connectivity index (χ4n) is 2.54. The Kier molecular flexibility index (Phi) is 6.95. The Morgan fingerprint density at radius 3 is 2.79 bits per heavy atom. The van der Waals surface area contributed by atoms with E-state index in [2.05, 4.69) is 15.4 Å². The van der Waals surface area contributed by atoms with Crippen molar-refractivity contribution in [1.29, 1.82) is 0 Å². The van der Waals surface area contributed by atoms with E-state index in [4.69, 9.17) is 32.4 Å². The van der Waals surface area contributed by atoms with Crippen LogP contribution in [0.15, 0.2) is 45.9 Å². The summed E-state index contributed by atoms with van der Waals surface area (Å²) in [6.07, 6.45) is 3.90. The monoisotopic (exact) mass is 434 g/mol. The number of nitrogens with one attached hydrogen (secondary N) is 1. The highest BCUT2D eigenvalue weighted by atomic mass is 35.5. The first-order chi connectivity index (χ1) is 14.0. The van der Waals surface area contributed by atoms with Crippen molar-refractivity contribution in [3.8, 4) is 5.75 Å². The Labute approximate surface area is 178 Å². The van der Waals surface area contributed by atoms with Gasteiger partial charge in [0.25, 0.3) is 5.91 Å². The van der Waals surface area contributed by atoms with Gasteiger partial charge < -0.3 is 14.5 Å². The number of aliphatic imine (C=N–C) groups is 1. The number of rotatable bonds is 8. The maximum absolute atomic E-state index is 12.3. The Balaban J connectivity index is 1.68. The van der Waals surface area contributed by atoms with Crippen LogP contribution in [-0.4, -0.2) is 28.4 Å². The average Bonchev–Trinajstić information content (AvgIpc) is 3.30. The third kappa shape index (κ3) is 5.19. The molecule has 2 heterocycles. The van der Waals surface area contributed by atoms with Crippen molar-refractivity contribution in [3.63, 3.8) is 0 Å². The molecule has 1 amide bonds. The number of aromatic nitrogens is 2. The summed E-state index contributed by atoms with van der Waals surface area (Å²) in [7, 11) is 1.70. The second-order valence-electron chi connectivity index (χ2n) is 6.16. The first-order valence-corrected chi connectivity index (χ1v) is 9.75. The molecule has 29 heavy (non-hydrogen) atoms. The lowest BCUT2D eigenvalue weighted by atomic mass is 10.3. The largest absolute Gasteiger partial charge is 0.483 e. The Bertz CT molecular complexity index is 1010. The summed E-state index contributed by atoms with van der Waals surface area (Å²) < 4.78 is 12.8. The van der Waals surface area contributed by atoms with E-state index in [9.17, 15) is 4.79 Å². The zero-order valence-corrected chi connectivity index (χ0v) is 17.5. The van der Waals surface area contributed by atoms with Crippen molar-refractivity contribution >= 4 is 41.0 Å². The molecule has 0 unspecified atom stereocenters. The zero-order valence-electron chi connectivity index (χ0n) is 16.0. The Hall–Kier alpha value is -2.77. The second kappa shape index (κ2) is 9.62. The van der Waals surface area contributed by atoms with E-state index >= 15 is 0 Å². The molecule has 152 valence electrons. The summed E-state index contributed by atoms with van der Waals surface area (Å²) in [4.78, 5) is 16.6. The van der Waals surface area contributed by atoms with Gasteiger partial charge in [0.15, 0.2) is 11.4 Å². The molecule has 3 aromatic rings. The van der Waals surface area contributed by atoms with Gasteiger partial charge in [-0.3, -0.25) is 9.48 Å². The fraction of sp³-hybridized carbons (Fsp3) is 0.250. The quantitative estimate of drug-likeness (QED) is 0.516. The summed E-state index contributed by atoms with van der Waals surface area (Å²) in [6.45, 7) is 2.74. The van der Waals surface area contributed by atoms with Gasteiger partial charge in [0.2, 0.25) is 0 Å². The average molecular weight is 435 g/mol. The molecule has 0 saturated carbocycles. The van der Waals surface area contributed by atoms with Gasteiger partial charge in [-0.2, -0.15) is 5.10 Å². The molecule has 3 rings (SSSR count). The number of para-hydroxylation sites is 1. The van der Waals surface area contributed by atoms with Crippen molar-refractivity contribution in [2.24, 2.45) is 12.0 Å². The van der Waals surface area contributed by atoms with Crippen LogP contribution in [0.25, 0.3) is 0 Å². The number of nitrogens with zero attached hydrogens (tertiary/aromatic N) is 3. The van der Waals surface area contributed by atoms with Gasteiger partial charge in [0.1, 0.15) is 23.8 Å². The fourth-order valence-corrected chi connectivity index (χ4v) is 3.05. The van der Waals surface area contributed by atoms with Crippen LogP contribution in [0.1, 0.15) is 35.4 Å². The third-order valence-electron chi connectivity index (χ3n) is 3.96. The van der Waals surface area contributed by atoms with Crippen LogP contribution >= 0.6 is 23.2 Å². The molecule has 1 aromatic carbocycles. The predicted octanol–water partition coefficient (Wildman–Crippen LogP) is 4.79. The number of carbonyl (C=O) groups is 1. The van der Waals surface area contributed by atoms with E-state index in [0.717, 1.165) is 6.42 Å². The number of aryl methyl sites for hydroxylation is 1. The van der Waals surface area contributed by atoms with Crippen molar-refractivity contribution in [2.45, 2.75) is 20.0 Å². The normalized spacial score (nSPS) is 11.2. The maximum atomic E-state index is 12.3. The first kappa shape index (κ1) is 21.0. The van der Waals surface area contributed by atoms with Gasteiger partial charge in [-0.05, 0) is 30.7 Å². The van der Waals surface area contributed by atoms with E-state index in [1.54, 1.807) is 37.4 Å². The van der Waals surface area contributed by atoms with E-state index in [1.165, 1.54) is 17.1 Å². The van der Waals surface area contributed by atoms with Gasteiger partial charge in [-0.25, -0.2) is 4.99 Å². The number of carbonyl (C=O) groups excluding carboxylic acids is 1. The molecule has 0 atom stereocenters. The molecule has 9 heteroatoms. The van der Waals surface area contributed by atoms with Crippen molar-refractivity contribution in [3.05, 3.63) is 63.8 Å². The topological polar surface area (TPSA) is 81.7 Å². The number of benzene rings is 1. The minimum Gasteiger partial charge on any atom is -0.483 e. The lowest BCUT2D eigenvalue weighted by Gasteiger charge is -2.07. The number of amides is 1. The molecule has 0 aliphatic carbocycles. The second-order valence-corrected chi connectivity index (χ2v) is 6.97. The Morgan fingerprint density at radius 1 is 1.31 bits per heavy atom. The van der Waals surface area contributed by atoms with Crippen molar-refractivity contribution in [1.82, 2.24) is 15.1 Å². The molecule has 2 aromatic heterocycles. The number of hydrogen-bond acceptors (Lipinski definition) is 5. The number of ether oxygens (including phenoxy) is 1. The molecular weight excluding hydrogens is 415 g/mol. The van der Waals surface area contributed by atoms with Crippen LogP contribution in [0.5, 0.6) is 5.75 Å². The molecule has 0 bridgehead atoms. The van der Waals surface area contributed by atoms with Crippen LogP contribution in [0, 0.1) is 0 Å². The smallest absolute Gasteiger partial charge is 0.271 e. The number of halogens is 2. The predicted molar refractivity (Wildman–Crippen MR) is 113 cm³/mol. The third-order valence-corrected chi connectivity index (χ3v) is 4.56. The molecule has 0 saturated heterocycles. The summed E-state index contributed by atoms with van der Waals surface area (Å²) in [5.41, 5.74) is 0.844. The van der Waals surface area contributed by atoms with E-state index in [-0.39, 0.29) is 12.5 Å². The highest BCUT2D eigenvalue weighted by Crippen LogP contribution is 2.33. The van der Waals surface area contributed by atoms with Crippen LogP contribution < -0.4 is 10.1 Å². The van der Waals surface area contributed by atoms with Crippen molar-refractivity contribution in [2.75, 3.05) is 6.54 Å². The SMILES string of the molecule is CCCNC(=O)c1c(N=Cc2ccc(COc3c(Cl)cccc3Cl)o2)cnn1C. The molecule has 7 nitrogen and oxygen atoms in total. The van der Waals surface area contributed by atoms with E-state index in [1.807, 2.05) is 6.92 Å². The number of hydrogen-bond donors (Lipinski definition) is 1. The summed E-state index contributed by atoms with van der Waals surface area (Å²) in [5.74, 6) is 1.27. The lowest BCUT2D eigenvalue weighted by Crippen LogP contribution is -2.26. The van der Waals surface area contributed by atoms with Crippen LogP contribution in [0.3, 0.4) is 0 Å². The standard InChI is InChI=1S/C20H20Cl2N4O3/c1-3-9-23-20(27)18-17(11-25-26(18)2)24-10-13-7-8-14(29-13)12-28-19-15(21)5-4-6-16(19)22/h4-8,10-11H,3,9,12H2,1-2H3,(H,23,27). The van der Waals surface area contributed by atoms with E-state index < -0.39 is 0 Å². The molecule has 0 fully saturated rings. The highest BCUT2D eigenvalue weighted by Gasteiger charge is 2.16. The minimum atomic E-state index is -0.218. The van der Waals surface area contributed by atoms with Crippen LogP contribution in [-0.2, 0) is 13.7 Å². The molecule has 0 aliphatic rings. The van der Waals surface area contributed by atoms with Gasteiger partial charge in [0, 0.05) is 13.6 Å². The van der Waals surface area contributed by atoms with Crippen molar-refractivity contribution < 1.29 is 13.9 Å². The van der Waals surface area contributed by atoms with Gasteiger partial charge in [-0.1, -0.05) is 36.2 Å². The molecule has 0 aliphatic heterocycles. The minimum absolute atomic E-state index is 0.162. The molecule has 1 N–H and O–H groups in total. The Morgan fingerprint density at radius 2 is 2.07 bits per heavy atom. The molecule has 0 radical (unpaired) electrons. The first-order valence-electron chi connectivity index (χ1n) is 8.99. The molecule has 0 spiro atoms. The summed E-state index contributed by atoms with van der Waals surface area (Å²) >= 11 is 12.2. The van der Waals surface area contributed by atoms with Crippen LogP contribution in [0.4, 0.5) is 5.69 Å². The molecular formula is C20H20Cl2N4O3. The summed E-state index contributed by atoms with van der Waals surface area (Å²) in [5, 5.41) is 7.79. The highest BCUT2D eigenvalue weighted by molar-refractivity contribution is 6.37. The van der Waals surface area contributed by atoms with Gasteiger partial charge in [0.05, 0.1) is 22.5 Å². The van der Waals surface area contributed by atoms with Crippen LogP contribution in [0.2, 0.25) is 10.0 Å². The van der Waals surface area contributed by atoms with Gasteiger partial charge >= 0.3 is 0 Å². The lowest BCUT2D eigenvalue weighted by molar-refractivity contribution is 0.0945. The number of furan rings is 1. The summed E-state index contributed by atoms with van der Waals surface area (Å²) in [6, 6.07) is 8.66. The van der Waals surface area contributed by atoms with E-state index in [0.29, 0.717) is 45.2 Å². The van der Waals surface area contributed by atoms with Gasteiger partial charge in [-0.15, -0.1) is 0 Å².